The van der Waals surface area contributed by atoms with Crippen molar-refractivity contribution in [2.45, 2.75) is 18.9 Å². The van der Waals surface area contributed by atoms with Crippen LogP contribution >= 0.6 is 0 Å². The van der Waals surface area contributed by atoms with Crippen LogP contribution in [0.15, 0.2) is 23.5 Å². The number of anilines is 2. The van der Waals surface area contributed by atoms with E-state index < -0.39 is 11.7 Å². The van der Waals surface area contributed by atoms with E-state index in [0.717, 1.165) is 31.0 Å². The molecule has 1 unspecified atom stereocenters. The van der Waals surface area contributed by atoms with Crippen molar-refractivity contribution in [2.75, 3.05) is 17.2 Å². The van der Waals surface area contributed by atoms with Gasteiger partial charge in [0.15, 0.2) is 0 Å². The summed E-state index contributed by atoms with van der Waals surface area (Å²) in [5, 5.41) is 17.0. The van der Waals surface area contributed by atoms with E-state index in [0.29, 0.717) is 17.2 Å². The largest absolute Gasteiger partial charge is 0.366 e. The molecule has 0 spiro atoms. The molecule has 1 aromatic carbocycles. The fourth-order valence-corrected chi connectivity index (χ4v) is 2.77. The van der Waals surface area contributed by atoms with Crippen LogP contribution in [-0.2, 0) is 0 Å². The maximum atomic E-state index is 13.5. The molecule has 21 heavy (non-hydrogen) atoms. The Hall–Kier alpha value is -2.41. The average molecular weight is 289 g/mol. The second kappa shape index (κ2) is 5.17. The molecule has 7 heteroatoms. The minimum atomic E-state index is -0.698. The van der Waals surface area contributed by atoms with Crippen LogP contribution in [0.2, 0.25) is 0 Å². The van der Waals surface area contributed by atoms with Gasteiger partial charge in [-0.25, -0.2) is 4.39 Å². The van der Waals surface area contributed by atoms with Crippen LogP contribution in [0.4, 0.5) is 15.8 Å². The maximum absolute atomic E-state index is 13.5. The molecule has 0 bridgehead atoms. The van der Waals surface area contributed by atoms with Gasteiger partial charge in [0, 0.05) is 17.8 Å². The first-order valence-corrected chi connectivity index (χ1v) is 6.75. The number of amides is 1. The number of halogens is 1. The van der Waals surface area contributed by atoms with E-state index in [-0.39, 0.29) is 11.6 Å². The Labute approximate surface area is 121 Å². The van der Waals surface area contributed by atoms with E-state index in [1.165, 1.54) is 12.3 Å². The lowest BCUT2D eigenvalue weighted by Crippen LogP contribution is -2.27. The Balaban J connectivity index is 2.02. The van der Waals surface area contributed by atoms with Crippen molar-refractivity contribution in [2.24, 2.45) is 5.73 Å². The predicted molar refractivity (Wildman–Crippen MR) is 79.0 cm³/mol. The van der Waals surface area contributed by atoms with Crippen molar-refractivity contribution in [1.29, 1.82) is 5.41 Å². The van der Waals surface area contributed by atoms with E-state index in [2.05, 4.69) is 16.0 Å². The monoisotopic (exact) mass is 289 g/mol. The number of benzene rings is 1. The third-order valence-electron chi connectivity index (χ3n) is 3.76. The van der Waals surface area contributed by atoms with Gasteiger partial charge >= 0.3 is 0 Å². The van der Waals surface area contributed by atoms with Gasteiger partial charge in [-0.3, -0.25) is 4.79 Å². The van der Waals surface area contributed by atoms with E-state index >= 15 is 0 Å². The Morgan fingerprint density at radius 3 is 2.86 bits per heavy atom. The molecule has 3 rings (SSSR count). The minimum absolute atomic E-state index is 0.0775. The lowest BCUT2D eigenvalue weighted by molar-refractivity contribution is 0.100. The first kappa shape index (κ1) is 13.6. The molecule has 0 saturated carbocycles. The molecule has 6 N–H and O–H groups in total. The highest BCUT2D eigenvalue weighted by atomic mass is 19.1. The van der Waals surface area contributed by atoms with Gasteiger partial charge in [0.05, 0.1) is 16.9 Å². The van der Waals surface area contributed by atoms with Gasteiger partial charge in [0.25, 0.3) is 5.91 Å². The molecule has 110 valence electrons. The number of hydrogen-bond donors (Lipinski definition) is 5. The van der Waals surface area contributed by atoms with Gasteiger partial charge < -0.3 is 27.1 Å². The highest BCUT2D eigenvalue weighted by molar-refractivity contribution is 6.04. The van der Waals surface area contributed by atoms with Crippen LogP contribution in [0.3, 0.4) is 0 Å². The quantitative estimate of drug-likeness (QED) is 0.542. The van der Waals surface area contributed by atoms with Gasteiger partial charge in [0.1, 0.15) is 11.6 Å². The molecular weight excluding hydrogens is 273 g/mol. The Kier molecular flexibility index (Phi) is 3.34. The van der Waals surface area contributed by atoms with E-state index in [9.17, 15) is 9.18 Å². The number of nitrogens with one attached hydrogen (secondary N) is 4. The first-order valence-electron chi connectivity index (χ1n) is 6.75. The van der Waals surface area contributed by atoms with Gasteiger partial charge in [-0.2, -0.15) is 0 Å². The van der Waals surface area contributed by atoms with Gasteiger partial charge in [-0.1, -0.05) is 0 Å². The van der Waals surface area contributed by atoms with Gasteiger partial charge in [-0.05, 0) is 31.5 Å². The number of primary amides is 1. The summed E-state index contributed by atoms with van der Waals surface area (Å²) < 4.78 is 13.5. The number of hydrogen-bond acceptors (Lipinski definition) is 5. The normalized spacial score (nSPS) is 22.2. The lowest BCUT2D eigenvalue weighted by atomic mass is 10.1. The smallest absolute Gasteiger partial charge is 0.250 e. The summed E-state index contributed by atoms with van der Waals surface area (Å²) in [6.07, 6.45) is 3.25. The molecule has 1 amide bonds. The number of rotatable bonds is 3. The highest BCUT2D eigenvalue weighted by Crippen LogP contribution is 2.36. The molecule has 1 aromatic rings. The summed E-state index contributed by atoms with van der Waals surface area (Å²) in [4.78, 5) is 11.4. The molecule has 6 nitrogen and oxygen atoms in total. The fourth-order valence-electron chi connectivity index (χ4n) is 2.77. The number of nitrogens with two attached hydrogens (primary N) is 1. The Morgan fingerprint density at radius 1 is 1.43 bits per heavy atom. The zero-order valence-corrected chi connectivity index (χ0v) is 11.3. The molecule has 1 fully saturated rings. The molecule has 2 heterocycles. The third kappa shape index (κ3) is 2.36. The zero-order chi connectivity index (χ0) is 15.0. The summed E-state index contributed by atoms with van der Waals surface area (Å²) in [5.41, 5.74) is 7.04. The number of fused-ring (bicyclic) bond motifs is 1. The summed E-state index contributed by atoms with van der Waals surface area (Å²) in [5.74, 6) is -0.641. The number of carbonyl (C=O) groups excluding carboxylic acids is 1. The summed E-state index contributed by atoms with van der Waals surface area (Å²) >= 11 is 0. The van der Waals surface area contributed by atoms with Crippen LogP contribution in [0, 0.1) is 11.2 Å². The molecule has 1 saturated heterocycles. The molecule has 0 aliphatic carbocycles. The first-order chi connectivity index (χ1) is 10.1. The van der Waals surface area contributed by atoms with Crippen molar-refractivity contribution < 1.29 is 9.18 Å². The molecule has 2 aliphatic rings. The van der Waals surface area contributed by atoms with Crippen LogP contribution in [0.1, 0.15) is 23.2 Å². The van der Waals surface area contributed by atoms with E-state index in [4.69, 9.17) is 11.1 Å². The van der Waals surface area contributed by atoms with E-state index in [1.54, 1.807) is 0 Å². The molecule has 0 aromatic heterocycles. The SMILES string of the molecule is N=C/C(=C1/Nc2cc(F)cc(C(N)=O)c2N1)C1CCCN1. The lowest BCUT2D eigenvalue weighted by Gasteiger charge is -2.14. The van der Waals surface area contributed by atoms with Crippen molar-refractivity contribution in [1.82, 2.24) is 5.32 Å². The summed E-state index contributed by atoms with van der Waals surface area (Å²) in [7, 11) is 0. The summed E-state index contributed by atoms with van der Waals surface area (Å²) in [6.45, 7) is 0.906. The summed E-state index contributed by atoms with van der Waals surface area (Å²) in [6, 6.07) is 2.48. The minimum Gasteiger partial charge on any atom is -0.366 e. The zero-order valence-electron chi connectivity index (χ0n) is 11.3. The molecule has 2 aliphatic heterocycles. The highest BCUT2D eigenvalue weighted by Gasteiger charge is 2.27. The molecule has 1 atom stereocenters. The van der Waals surface area contributed by atoms with Crippen molar-refractivity contribution in [3.63, 3.8) is 0 Å². The third-order valence-corrected chi connectivity index (χ3v) is 3.76. The van der Waals surface area contributed by atoms with Gasteiger partial charge in [-0.15, -0.1) is 0 Å². The van der Waals surface area contributed by atoms with Crippen LogP contribution in [0.25, 0.3) is 0 Å². The maximum Gasteiger partial charge on any atom is 0.250 e. The van der Waals surface area contributed by atoms with Crippen LogP contribution < -0.4 is 21.7 Å². The topological polar surface area (TPSA) is 103 Å². The van der Waals surface area contributed by atoms with Gasteiger partial charge in [0.2, 0.25) is 0 Å². The molecular formula is C14H16FN5O. The fraction of sp³-hybridized carbons (Fsp3) is 0.286. The van der Waals surface area contributed by atoms with Crippen molar-refractivity contribution >= 4 is 23.5 Å². The standard InChI is InChI=1S/C14H16FN5O/c15-7-4-8(13(17)21)12-11(5-7)19-14(20-12)9(6-16)10-2-1-3-18-10/h4-6,10,16,18-20H,1-3H2,(H2,17,21)/b14-9+,16-6?. The predicted octanol–water partition coefficient (Wildman–Crippen LogP) is 1.38. The van der Waals surface area contributed by atoms with E-state index in [1.807, 2.05) is 0 Å². The van der Waals surface area contributed by atoms with Crippen LogP contribution in [-0.4, -0.2) is 24.7 Å². The Morgan fingerprint density at radius 2 is 2.24 bits per heavy atom. The van der Waals surface area contributed by atoms with Crippen LogP contribution in [0.5, 0.6) is 0 Å². The van der Waals surface area contributed by atoms with Crippen molar-refractivity contribution in [3.05, 3.63) is 34.9 Å². The van der Waals surface area contributed by atoms with Crippen molar-refractivity contribution in [3.8, 4) is 0 Å². The second-order valence-electron chi connectivity index (χ2n) is 5.11. The Bertz CT molecular complexity index is 649. The molecule has 0 radical (unpaired) electrons. The average Bonchev–Trinajstić information content (AvgIpc) is 3.08. The number of carbonyl (C=O) groups is 1. The second-order valence-corrected chi connectivity index (χ2v) is 5.11.